The maximum atomic E-state index is 13.6. The highest BCUT2D eigenvalue weighted by Crippen LogP contribution is 2.27. The highest BCUT2D eigenvalue weighted by atomic mass is 79.9. The summed E-state index contributed by atoms with van der Waals surface area (Å²) in [5.74, 6) is -2.26. The van der Waals surface area contributed by atoms with Gasteiger partial charge in [-0.05, 0) is 44.0 Å². The molecule has 0 spiro atoms. The van der Waals surface area contributed by atoms with Gasteiger partial charge in [0.2, 0.25) is 0 Å². The van der Waals surface area contributed by atoms with E-state index in [-0.39, 0.29) is 17.8 Å². The van der Waals surface area contributed by atoms with Crippen molar-refractivity contribution in [1.82, 2.24) is 0 Å². The average molecular weight is 410 g/mol. The lowest BCUT2D eigenvalue weighted by Gasteiger charge is -2.08. The second-order valence-electron chi connectivity index (χ2n) is 3.86. The van der Waals surface area contributed by atoms with Crippen LogP contribution < -0.4 is 11.1 Å². The minimum Gasteiger partial charge on any atom is -0.451 e. The fraction of sp³-hybridized carbons (Fsp3) is 0.0833. The second-order valence-corrected chi connectivity index (χ2v) is 5.44. The molecule has 0 aliphatic rings. The van der Waals surface area contributed by atoms with E-state index in [2.05, 4.69) is 37.2 Å². The second kappa shape index (κ2) is 5.92. The Morgan fingerprint density at radius 1 is 1.25 bits per heavy atom. The molecule has 8 heteroatoms. The SMILES string of the molecule is NC(=O)c1cc(NCc2cc(Br)c(Br)o2)c(F)cc1F. The first kappa shape index (κ1) is 15.0. The number of hydrogen-bond acceptors (Lipinski definition) is 3. The smallest absolute Gasteiger partial charge is 0.251 e. The number of amides is 1. The molecule has 2 rings (SSSR count). The van der Waals surface area contributed by atoms with Gasteiger partial charge < -0.3 is 15.5 Å². The number of hydrogen-bond donors (Lipinski definition) is 2. The lowest BCUT2D eigenvalue weighted by Crippen LogP contribution is -2.14. The first-order chi connectivity index (χ1) is 9.38. The summed E-state index contributed by atoms with van der Waals surface area (Å²) in [5.41, 5.74) is 4.59. The largest absolute Gasteiger partial charge is 0.451 e. The summed E-state index contributed by atoms with van der Waals surface area (Å²) in [5, 5.41) is 2.71. The predicted molar refractivity (Wildman–Crippen MR) is 76.3 cm³/mol. The van der Waals surface area contributed by atoms with Crippen LogP contribution in [0.5, 0.6) is 0 Å². The summed E-state index contributed by atoms with van der Waals surface area (Å²) in [6, 6.07) is 3.32. The lowest BCUT2D eigenvalue weighted by atomic mass is 10.1. The Labute approximate surface area is 129 Å². The van der Waals surface area contributed by atoms with Crippen molar-refractivity contribution >= 4 is 43.5 Å². The van der Waals surface area contributed by atoms with Crippen LogP contribution in [0.2, 0.25) is 0 Å². The van der Waals surface area contributed by atoms with Crippen molar-refractivity contribution in [3.63, 3.8) is 0 Å². The zero-order valence-electron chi connectivity index (χ0n) is 9.84. The Morgan fingerprint density at radius 3 is 2.50 bits per heavy atom. The van der Waals surface area contributed by atoms with Gasteiger partial charge in [-0.2, -0.15) is 0 Å². The van der Waals surface area contributed by atoms with Crippen molar-refractivity contribution in [1.29, 1.82) is 0 Å². The predicted octanol–water partition coefficient (Wildman–Crippen LogP) is 3.79. The van der Waals surface area contributed by atoms with Crippen molar-refractivity contribution in [3.05, 3.63) is 50.3 Å². The standard InChI is InChI=1S/C12H8Br2F2N2O2/c13-7-1-5(20-11(7)14)4-18-10-2-6(12(17)19)8(15)3-9(10)16/h1-3,18H,4H2,(H2,17,19). The van der Waals surface area contributed by atoms with Crippen molar-refractivity contribution in [2.45, 2.75) is 6.54 Å². The molecular formula is C12H8Br2F2N2O2. The van der Waals surface area contributed by atoms with E-state index in [1.54, 1.807) is 6.07 Å². The van der Waals surface area contributed by atoms with Crippen molar-refractivity contribution in [3.8, 4) is 0 Å². The number of nitrogens with one attached hydrogen (secondary N) is 1. The number of carbonyl (C=O) groups excluding carboxylic acids is 1. The van der Waals surface area contributed by atoms with Gasteiger partial charge in [0.05, 0.1) is 22.3 Å². The molecule has 1 heterocycles. The summed E-state index contributed by atoms with van der Waals surface area (Å²) < 4.78 is 33.4. The number of rotatable bonds is 4. The third-order valence-corrected chi connectivity index (χ3v) is 4.18. The number of nitrogens with two attached hydrogens (primary N) is 1. The van der Waals surface area contributed by atoms with E-state index < -0.39 is 17.5 Å². The first-order valence-corrected chi connectivity index (χ1v) is 6.93. The molecule has 0 aliphatic carbocycles. The van der Waals surface area contributed by atoms with Crippen molar-refractivity contribution in [2.75, 3.05) is 5.32 Å². The Balaban J connectivity index is 2.21. The third-order valence-electron chi connectivity index (χ3n) is 2.47. The van der Waals surface area contributed by atoms with Gasteiger partial charge in [-0.3, -0.25) is 4.79 Å². The van der Waals surface area contributed by atoms with E-state index in [4.69, 9.17) is 10.2 Å². The zero-order chi connectivity index (χ0) is 14.9. The van der Waals surface area contributed by atoms with Gasteiger partial charge in [0.15, 0.2) is 4.67 Å². The van der Waals surface area contributed by atoms with Gasteiger partial charge in [0.1, 0.15) is 17.4 Å². The number of primary amides is 1. The van der Waals surface area contributed by atoms with Crippen LogP contribution in [0.3, 0.4) is 0 Å². The van der Waals surface area contributed by atoms with Crippen LogP contribution in [0.25, 0.3) is 0 Å². The van der Waals surface area contributed by atoms with Gasteiger partial charge >= 0.3 is 0 Å². The van der Waals surface area contributed by atoms with Gasteiger partial charge in [0, 0.05) is 6.07 Å². The highest BCUT2D eigenvalue weighted by molar-refractivity contribution is 9.13. The first-order valence-electron chi connectivity index (χ1n) is 5.35. The summed E-state index contributed by atoms with van der Waals surface area (Å²) in [6.45, 7) is 0.158. The number of carbonyl (C=O) groups is 1. The van der Waals surface area contributed by atoms with Crippen LogP contribution in [0.1, 0.15) is 16.1 Å². The molecule has 2 aromatic rings. The Bertz CT molecular complexity index is 654. The van der Waals surface area contributed by atoms with Gasteiger partial charge in [-0.1, -0.05) is 0 Å². The molecule has 3 N–H and O–H groups in total. The van der Waals surface area contributed by atoms with E-state index in [1.807, 2.05) is 0 Å². The summed E-state index contributed by atoms with van der Waals surface area (Å²) in [7, 11) is 0. The summed E-state index contributed by atoms with van der Waals surface area (Å²) in [4.78, 5) is 11.0. The molecule has 1 aromatic carbocycles. The van der Waals surface area contributed by atoms with Crippen LogP contribution >= 0.6 is 31.9 Å². The van der Waals surface area contributed by atoms with Crippen molar-refractivity contribution in [2.24, 2.45) is 5.73 Å². The fourth-order valence-electron chi connectivity index (χ4n) is 1.53. The number of anilines is 1. The molecule has 1 amide bonds. The Kier molecular flexibility index (Phi) is 4.44. The molecule has 20 heavy (non-hydrogen) atoms. The van der Waals surface area contributed by atoms with E-state index in [1.165, 1.54) is 0 Å². The molecule has 0 saturated carbocycles. The number of furan rings is 1. The van der Waals surface area contributed by atoms with E-state index in [0.717, 1.165) is 6.07 Å². The topological polar surface area (TPSA) is 68.3 Å². The zero-order valence-corrected chi connectivity index (χ0v) is 13.0. The van der Waals surface area contributed by atoms with Crippen LogP contribution in [0.4, 0.5) is 14.5 Å². The van der Waals surface area contributed by atoms with Gasteiger partial charge in [-0.25, -0.2) is 8.78 Å². The summed E-state index contributed by atoms with van der Waals surface area (Å²) in [6.07, 6.45) is 0. The van der Waals surface area contributed by atoms with Gasteiger partial charge in [0.25, 0.3) is 5.91 Å². The molecule has 0 bridgehead atoms. The maximum Gasteiger partial charge on any atom is 0.251 e. The molecule has 0 aliphatic heterocycles. The molecular weight excluding hydrogens is 402 g/mol. The van der Waals surface area contributed by atoms with Gasteiger partial charge in [-0.15, -0.1) is 0 Å². The van der Waals surface area contributed by atoms with Crippen molar-refractivity contribution < 1.29 is 18.0 Å². The molecule has 0 saturated heterocycles. The minimum absolute atomic E-state index is 0.0381. The molecule has 106 valence electrons. The molecule has 1 aromatic heterocycles. The maximum absolute atomic E-state index is 13.6. The van der Waals surface area contributed by atoms with Crippen LogP contribution in [0.15, 0.2) is 31.8 Å². The van der Waals surface area contributed by atoms with E-state index in [0.29, 0.717) is 21.0 Å². The van der Waals surface area contributed by atoms with Crippen LogP contribution in [0, 0.1) is 11.6 Å². The lowest BCUT2D eigenvalue weighted by molar-refractivity contribution is 0.0996. The quantitative estimate of drug-likeness (QED) is 0.807. The van der Waals surface area contributed by atoms with E-state index in [9.17, 15) is 13.6 Å². The molecule has 4 nitrogen and oxygen atoms in total. The van der Waals surface area contributed by atoms with Crippen LogP contribution in [-0.2, 0) is 6.54 Å². The van der Waals surface area contributed by atoms with E-state index >= 15 is 0 Å². The highest BCUT2D eigenvalue weighted by Gasteiger charge is 2.14. The minimum atomic E-state index is -0.996. The summed E-state index contributed by atoms with van der Waals surface area (Å²) >= 11 is 6.41. The normalized spacial score (nSPS) is 10.6. The number of benzene rings is 1. The molecule has 0 radical (unpaired) electrons. The van der Waals surface area contributed by atoms with Crippen LogP contribution in [-0.4, -0.2) is 5.91 Å². The average Bonchev–Trinajstić information content (AvgIpc) is 2.67. The fourth-order valence-corrected chi connectivity index (χ4v) is 2.19. The monoisotopic (exact) mass is 408 g/mol. The Morgan fingerprint density at radius 2 is 1.95 bits per heavy atom. The molecule has 0 unspecified atom stereocenters. The Hall–Kier alpha value is -1.41. The molecule has 0 atom stereocenters. The molecule has 0 fully saturated rings. The number of halogens is 4. The third kappa shape index (κ3) is 3.18.